The van der Waals surface area contributed by atoms with Crippen molar-refractivity contribution in [3.05, 3.63) is 0 Å². The normalized spacial score (nSPS) is 9.00. The van der Waals surface area contributed by atoms with Gasteiger partial charge in [-0.2, -0.15) is 0 Å². The van der Waals surface area contributed by atoms with Crippen molar-refractivity contribution in [2.75, 3.05) is 39.6 Å². The predicted molar refractivity (Wildman–Crippen MR) is 83.8 cm³/mol. The third kappa shape index (κ3) is 88.7. The summed E-state index contributed by atoms with van der Waals surface area (Å²) in [7, 11) is -2.62. The Morgan fingerprint density at radius 3 is 0.500 bits per heavy atom. The second-order valence-corrected chi connectivity index (χ2v) is 4.27. The zero-order valence-electron chi connectivity index (χ0n) is 13.0. The third-order valence-electron chi connectivity index (χ3n) is 1.70. The van der Waals surface area contributed by atoms with Crippen LogP contribution in [-0.2, 0) is 0 Å². The molecule has 0 aromatic heterocycles. The summed E-state index contributed by atoms with van der Waals surface area (Å²) in [6.45, 7) is 1.17. The minimum Gasteiger partial charge on any atom is -0.396 e. The van der Waals surface area contributed by atoms with Crippen LogP contribution in [0, 0.1) is 0 Å². The molecule has 0 radical (unpaired) electrons. The summed E-state index contributed by atoms with van der Waals surface area (Å²) in [6.07, 6.45) is 4.31. The Kier molecular flexibility index (Phi) is 51.0. The monoisotopic (exact) mass is 352 g/mol. The second-order valence-electron chi connectivity index (χ2n) is 3.73. The van der Waals surface area contributed by atoms with E-state index < -0.39 is 8.60 Å². The van der Waals surface area contributed by atoms with E-state index in [0.29, 0.717) is 0 Å². The van der Waals surface area contributed by atoms with Gasteiger partial charge in [-0.25, -0.2) is 0 Å². The molecule has 0 fully saturated rings. The average Bonchev–Trinajstić information content (AvgIpc) is 2.49. The van der Waals surface area contributed by atoms with Gasteiger partial charge in [0.15, 0.2) is 0 Å². The van der Waals surface area contributed by atoms with E-state index in [1.165, 1.54) is 0 Å². The lowest BCUT2D eigenvalue weighted by molar-refractivity contribution is 0.242. The van der Waals surface area contributed by atoms with Gasteiger partial charge in [-0.15, -0.1) is 0 Å². The van der Waals surface area contributed by atoms with Gasteiger partial charge >= 0.3 is 8.60 Å². The molecule has 0 saturated heterocycles. The Balaban J connectivity index is -0.0000000994. The van der Waals surface area contributed by atoms with E-state index in [0.717, 1.165) is 38.5 Å². The van der Waals surface area contributed by atoms with Crippen LogP contribution in [0.25, 0.3) is 0 Å². The summed E-state index contributed by atoms with van der Waals surface area (Å²) in [5.74, 6) is 0. The van der Waals surface area contributed by atoms with Crippen molar-refractivity contribution in [1.82, 2.24) is 0 Å². The van der Waals surface area contributed by atoms with Gasteiger partial charge in [0.2, 0.25) is 0 Å². The quantitative estimate of drug-likeness (QED) is 0.175. The van der Waals surface area contributed by atoms with Gasteiger partial charge in [0.05, 0.1) is 0 Å². The molecule has 22 heavy (non-hydrogen) atoms. The minimum absolute atomic E-state index is 0.195. The number of hydrogen-bond donors (Lipinski definition) is 9. The van der Waals surface area contributed by atoms with Crippen LogP contribution in [0.4, 0.5) is 0 Å². The fraction of sp³-hybridized carbons (Fsp3) is 1.00. The lowest BCUT2D eigenvalue weighted by atomic mass is 10.3. The van der Waals surface area contributed by atoms with Crippen molar-refractivity contribution in [2.24, 2.45) is 0 Å². The Labute approximate surface area is 133 Å². The van der Waals surface area contributed by atoms with Crippen molar-refractivity contribution >= 4 is 8.60 Å². The Morgan fingerprint density at radius 2 is 0.455 bits per heavy atom. The van der Waals surface area contributed by atoms with Gasteiger partial charge in [-0.1, -0.05) is 0 Å². The first-order valence-electron chi connectivity index (χ1n) is 7.00. The highest BCUT2D eigenvalue weighted by molar-refractivity contribution is 7.38. The molecule has 0 saturated carbocycles. The van der Waals surface area contributed by atoms with Crippen LogP contribution in [-0.4, -0.2) is 85.0 Å². The maximum absolute atomic E-state index is 8.09. The van der Waals surface area contributed by atoms with E-state index in [4.69, 9.17) is 45.3 Å². The molecule has 0 aliphatic rings. The predicted octanol–water partition coefficient (Wildman–Crippen LogP) is -1.56. The Bertz CT molecular complexity index is 108. The van der Waals surface area contributed by atoms with Gasteiger partial charge in [0.1, 0.15) is 0 Å². The zero-order chi connectivity index (χ0) is 18.1. The number of rotatable bonds is 9. The number of aliphatic hydroxyl groups is 6. The second kappa shape index (κ2) is 37.4. The standard InChI is InChI=1S/3C4H10O2.H3O3P/c3*5-3-1-2-4-6;1-4(2)3/h3*5-6H,1-4H2;1-3H. The lowest BCUT2D eigenvalue weighted by Crippen LogP contribution is -1.85. The van der Waals surface area contributed by atoms with E-state index in [1.54, 1.807) is 0 Å². The van der Waals surface area contributed by atoms with Crippen molar-refractivity contribution in [3.8, 4) is 0 Å². The summed E-state index contributed by atoms with van der Waals surface area (Å²) >= 11 is 0. The molecule has 0 aromatic carbocycles. The topological polar surface area (TPSA) is 182 Å². The molecule has 9 nitrogen and oxygen atoms in total. The van der Waals surface area contributed by atoms with Crippen molar-refractivity contribution < 1.29 is 45.3 Å². The summed E-state index contributed by atoms with van der Waals surface area (Å²) in [5.41, 5.74) is 0. The SMILES string of the molecule is OCCCCO.OCCCCO.OCCCCO.OP(O)O. The van der Waals surface area contributed by atoms with Crippen molar-refractivity contribution in [2.45, 2.75) is 38.5 Å². The van der Waals surface area contributed by atoms with Crippen LogP contribution < -0.4 is 0 Å². The summed E-state index contributed by atoms with van der Waals surface area (Å²) in [4.78, 5) is 21.7. The van der Waals surface area contributed by atoms with Gasteiger partial charge < -0.3 is 45.3 Å². The molecule has 0 heterocycles. The van der Waals surface area contributed by atoms with Crippen LogP contribution in [0.1, 0.15) is 38.5 Å². The molecule has 10 heteroatoms. The average molecular weight is 352 g/mol. The molecule has 9 N–H and O–H groups in total. The molecule has 0 spiro atoms. The first-order valence-corrected chi connectivity index (χ1v) is 8.20. The van der Waals surface area contributed by atoms with E-state index in [1.807, 2.05) is 0 Å². The molecular formula is C12H33O9P. The summed E-state index contributed by atoms with van der Waals surface area (Å²) in [6, 6.07) is 0. The number of aliphatic hydroxyl groups excluding tert-OH is 6. The molecule has 0 aromatic rings. The highest BCUT2D eigenvalue weighted by atomic mass is 31.2. The highest BCUT2D eigenvalue weighted by Gasteiger charge is 1.78. The van der Waals surface area contributed by atoms with E-state index in [2.05, 4.69) is 0 Å². The Hall–Kier alpha value is 0.0700. The fourth-order valence-electron chi connectivity index (χ4n) is 0.671. The Morgan fingerprint density at radius 1 is 0.364 bits per heavy atom. The van der Waals surface area contributed by atoms with Crippen molar-refractivity contribution in [3.63, 3.8) is 0 Å². The van der Waals surface area contributed by atoms with Crippen LogP contribution in [0.15, 0.2) is 0 Å². The van der Waals surface area contributed by atoms with Crippen molar-refractivity contribution in [1.29, 1.82) is 0 Å². The first-order chi connectivity index (χ1) is 10.5. The van der Waals surface area contributed by atoms with Gasteiger partial charge in [0, 0.05) is 39.6 Å². The van der Waals surface area contributed by atoms with E-state index >= 15 is 0 Å². The molecule has 0 aliphatic carbocycles. The highest BCUT2D eigenvalue weighted by Crippen LogP contribution is 2.11. The zero-order valence-corrected chi connectivity index (χ0v) is 13.9. The minimum atomic E-state index is -2.62. The lowest BCUT2D eigenvalue weighted by Gasteiger charge is -1.85. The van der Waals surface area contributed by atoms with Crippen LogP contribution in [0.5, 0.6) is 0 Å². The van der Waals surface area contributed by atoms with Gasteiger partial charge in [0.25, 0.3) is 0 Å². The molecule has 0 aliphatic heterocycles. The molecule has 0 unspecified atom stereocenters. The fourth-order valence-corrected chi connectivity index (χ4v) is 0.671. The largest absolute Gasteiger partial charge is 0.396 e. The maximum atomic E-state index is 8.09. The molecule has 0 rings (SSSR count). The van der Waals surface area contributed by atoms with E-state index in [-0.39, 0.29) is 39.6 Å². The molecular weight excluding hydrogens is 319 g/mol. The maximum Gasteiger partial charge on any atom is 0.324 e. The summed E-state index contributed by atoms with van der Waals surface area (Å²) < 4.78 is 0. The number of unbranched alkanes of at least 4 members (excludes halogenated alkanes) is 3. The van der Waals surface area contributed by atoms with E-state index in [9.17, 15) is 0 Å². The smallest absolute Gasteiger partial charge is 0.324 e. The molecule has 0 bridgehead atoms. The third-order valence-corrected chi connectivity index (χ3v) is 1.70. The summed E-state index contributed by atoms with van der Waals surface area (Å²) in [5, 5.41) is 48.5. The van der Waals surface area contributed by atoms with Crippen LogP contribution in [0.3, 0.4) is 0 Å². The van der Waals surface area contributed by atoms with Crippen LogP contribution in [0.2, 0.25) is 0 Å². The first kappa shape index (κ1) is 30.0. The molecule has 0 amide bonds. The van der Waals surface area contributed by atoms with Gasteiger partial charge in [-0.3, -0.25) is 0 Å². The molecule has 0 atom stereocenters. The number of hydrogen-bond acceptors (Lipinski definition) is 9. The van der Waals surface area contributed by atoms with Gasteiger partial charge in [-0.05, 0) is 38.5 Å². The molecule has 140 valence electrons. The van der Waals surface area contributed by atoms with Crippen LogP contribution >= 0.6 is 8.60 Å².